The van der Waals surface area contributed by atoms with Crippen LogP contribution in [0.3, 0.4) is 0 Å². The Balaban J connectivity index is 1.73. The number of nitrogens with one attached hydrogen (secondary N) is 1. The fourth-order valence-electron chi connectivity index (χ4n) is 2.06. The molecular formula is C18H20BrNO2. The van der Waals surface area contributed by atoms with Gasteiger partial charge in [-0.2, -0.15) is 0 Å². The van der Waals surface area contributed by atoms with Gasteiger partial charge in [-0.15, -0.1) is 0 Å². The fraction of sp³-hybridized carbons (Fsp3) is 0.278. The normalized spacial score (nSPS) is 10.3. The molecule has 2 aromatic carbocycles. The molecule has 0 heterocycles. The molecule has 4 heteroatoms. The molecule has 0 saturated heterocycles. The first-order valence-corrected chi connectivity index (χ1v) is 8.05. The Labute approximate surface area is 139 Å². The summed E-state index contributed by atoms with van der Waals surface area (Å²) in [5.41, 5.74) is 3.27. The maximum atomic E-state index is 11.9. The van der Waals surface area contributed by atoms with E-state index in [1.54, 1.807) is 0 Å². The van der Waals surface area contributed by atoms with E-state index in [1.807, 2.05) is 50.2 Å². The number of carbonyl (C=O) groups is 1. The molecule has 0 fully saturated rings. The van der Waals surface area contributed by atoms with Gasteiger partial charge < -0.3 is 10.1 Å². The van der Waals surface area contributed by atoms with E-state index >= 15 is 0 Å². The van der Waals surface area contributed by atoms with E-state index in [0.717, 1.165) is 21.3 Å². The summed E-state index contributed by atoms with van der Waals surface area (Å²) in [6.45, 7) is 5.02. The number of hydrogen-bond acceptors (Lipinski definition) is 2. The van der Waals surface area contributed by atoms with Crippen molar-refractivity contribution < 1.29 is 9.53 Å². The standard InChI is InChI=1S/C18H20BrNO2/c1-13-3-4-14(2)17(11-13)22-10-9-20-18(21)12-15-5-7-16(19)8-6-15/h3-8,11H,9-10,12H2,1-2H3,(H,20,21). The minimum atomic E-state index is 0.00638. The van der Waals surface area contributed by atoms with Crippen molar-refractivity contribution >= 4 is 21.8 Å². The van der Waals surface area contributed by atoms with Gasteiger partial charge in [0.15, 0.2) is 0 Å². The predicted molar refractivity (Wildman–Crippen MR) is 92.3 cm³/mol. The first-order chi connectivity index (χ1) is 10.5. The summed E-state index contributed by atoms with van der Waals surface area (Å²) < 4.78 is 6.73. The van der Waals surface area contributed by atoms with E-state index in [2.05, 4.69) is 27.3 Å². The predicted octanol–water partition coefficient (Wildman–Crippen LogP) is 3.80. The highest BCUT2D eigenvalue weighted by molar-refractivity contribution is 9.10. The Kier molecular flexibility index (Phi) is 6.01. The van der Waals surface area contributed by atoms with Gasteiger partial charge in [0.05, 0.1) is 13.0 Å². The third-order valence-corrected chi connectivity index (χ3v) is 3.83. The van der Waals surface area contributed by atoms with Crippen LogP contribution in [0.4, 0.5) is 0 Å². The lowest BCUT2D eigenvalue weighted by Crippen LogP contribution is -2.29. The van der Waals surface area contributed by atoms with Crippen LogP contribution in [-0.2, 0) is 11.2 Å². The van der Waals surface area contributed by atoms with Crippen molar-refractivity contribution in [3.05, 3.63) is 63.6 Å². The van der Waals surface area contributed by atoms with Crippen molar-refractivity contribution in [1.29, 1.82) is 0 Å². The van der Waals surface area contributed by atoms with Crippen LogP contribution in [0.5, 0.6) is 5.75 Å². The average molecular weight is 362 g/mol. The number of rotatable bonds is 6. The summed E-state index contributed by atoms with van der Waals surface area (Å²) in [4.78, 5) is 11.9. The summed E-state index contributed by atoms with van der Waals surface area (Å²) in [7, 11) is 0. The van der Waals surface area contributed by atoms with Gasteiger partial charge in [0.25, 0.3) is 0 Å². The molecule has 0 spiro atoms. The molecule has 0 aliphatic heterocycles. The zero-order valence-electron chi connectivity index (χ0n) is 12.9. The largest absolute Gasteiger partial charge is 0.491 e. The average Bonchev–Trinajstić information content (AvgIpc) is 2.49. The van der Waals surface area contributed by atoms with E-state index in [0.29, 0.717) is 19.6 Å². The third-order valence-electron chi connectivity index (χ3n) is 3.30. The Hall–Kier alpha value is -1.81. The molecule has 0 bridgehead atoms. The van der Waals surface area contributed by atoms with E-state index in [4.69, 9.17) is 4.74 Å². The van der Waals surface area contributed by atoms with Gasteiger partial charge in [-0.25, -0.2) is 0 Å². The van der Waals surface area contributed by atoms with Crippen molar-refractivity contribution in [3.63, 3.8) is 0 Å². The number of ether oxygens (including phenoxy) is 1. The highest BCUT2D eigenvalue weighted by Crippen LogP contribution is 2.18. The zero-order valence-corrected chi connectivity index (χ0v) is 14.4. The third kappa shape index (κ3) is 5.19. The smallest absolute Gasteiger partial charge is 0.224 e. The maximum absolute atomic E-state index is 11.9. The lowest BCUT2D eigenvalue weighted by Gasteiger charge is -2.10. The Bertz CT molecular complexity index is 638. The fourth-order valence-corrected chi connectivity index (χ4v) is 2.33. The van der Waals surface area contributed by atoms with Gasteiger partial charge >= 0.3 is 0 Å². The molecule has 2 rings (SSSR count). The van der Waals surface area contributed by atoms with E-state index < -0.39 is 0 Å². The second kappa shape index (κ2) is 7.99. The molecule has 0 aliphatic carbocycles. The molecule has 0 radical (unpaired) electrons. The molecule has 2 aromatic rings. The van der Waals surface area contributed by atoms with E-state index in [1.165, 1.54) is 5.56 Å². The molecule has 0 atom stereocenters. The number of benzene rings is 2. The lowest BCUT2D eigenvalue weighted by molar-refractivity contribution is -0.120. The summed E-state index contributed by atoms with van der Waals surface area (Å²) in [5.74, 6) is 0.883. The van der Waals surface area contributed by atoms with E-state index in [-0.39, 0.29) is 5.91 Å². The number of carbonyl (C=O) groups excluding carboxylic acids is 1. The second-order valence-corrected chi connectivity index (χ2v) is 6.19. The van der Waals surface area contributed by atoms with Gasteiger partial charge in [-0.3, -0.25) is 4.79 Å². The van der Waals surface area contributed by atoms with Crippen LogP contribution < -0.4 is 10.1 Å². The summed E-state index contributed by atoms with van der Waals surface area (Å²) in [6.07, 6.45) is 0.386. The minimum Gasteiger partial charge on any atom is -0.491 e. The van der Waals surface area contributed by atoms with Crippen LogP contribution in [0, 0.1) is 13.8 Å². The molecule has 0 saturated carbocycles. The van der Waals surface area contributed by atoms with Crippen molar-refractivity contribution in [2.24, 2.45) is 0 Å². The van der Waals surface area contributed by atoms with E-state index in [9.17, 15) is 4.79 Å². The SMILES string of the molecule is Cc1ccc(C)c(OCCNC(=O)Cc2ccc(Br)cc2)c1. The molecule has 1 N–H and O–H groups in total. The number of hydrogen-bond donors (Lipinski definition) is 1. The lowest BCUT2D eigenvalue weighted by atomic mass is 10.1. The summed E-state index contributed by atoms with van der Waals surface area (Å²) in [5, 5.41) is 2.87. The molecule has 0 aliphatic rings. The Morgan fingerprint density at radius 2 is 1.86 bits per heavy atom. The molecule has 0 aromatic heterocycles. The van der Waals surface area contributed by atoms with Crippen LogP contribution >= 0.6 is 15.9 Å². The van der Waals surface area contributed by atoms with Crippen LogP contribution in [0.2, 0.25) is 0 Å². The molecule has 116 valence electrons. The maximum Gasteiger partial charge on any atom is 0.224 e. The summed E-state index contributed by atoms with van der Waals surface area (Å²) >= 11 is 3.38. The molecule has 22 heavy (non-hydrogen) atoms. The van der Waals surface area contributed by atoms with Crippen LogP contribution in [0.1, 0.15) is 16.7 Å². The summed E-state index contributed by atoms with van der Waals surface area (Å²) in [6, 6.07) is 13.9. The molecule has 3 nitrogen and oxygen atoms in total. The van der Waals surface area contributed by atoms with Crippen LogP contribution in [0.25, 0.3) is 0 Å². The van der Waals surface area contributed by atoms with Gasteiger partial charge in [0, 0.05) is 4.47 Å². The van der Waals surface area contributed by atoms with Gasteiger partial charge in [-0.1, -0.05) is 40.2 Å². The first kappa shape index (κ1) is 16.6. The Morgan fingerprint density at radius 3 is 2.59 bits per heavy atom. The molecular weight excluding hydrogens is 342 g/mol. The second-order valence-electron chi connectivity index (χ2n) is 5.27. The monoisotopic (exact) mass is 361 g/mol. The van der Waals surface area contributed by atoms with Gasteiger partial charge in [-0.05, 0) is 48.7 Å². The highest BCUT2D eigenvalue weighted by Gasteiger charge is 2.04. The zero-order chi connectivity index (χ0) is 15.9. The van der Waals surface area contributed by atoms with Gasteiger partial charge in [0.2, 0.25) is 5.91 Å². The van der Waals surface area contributed by atoms with Crippen molar-refractivity contribution in [2.75, 3.05) is 13.2 Å². The van der Waals surface area contributed by atoms with Gasteiger partial charge in [0.1, 0.15) is 12.4 Å². The van der Waals surface area contributed by atoms with Crippen molar-refractivity contribution in [1.82, 2.24) is 5.32 Å². The van der Waals surface area contributed by atoms with Crippen molar-refractivity contribution in [2.45, 2.75) is 20.3 Å². The Morgan fingerprint density at radius 1 is 1.14 bits per heavy atom. The van der Waals surface area contributed by atoms with Crippen molar-refractivity contribution in [3.8, 4) is 5.75 Å². The van der Waals surface area contributed by atoms with Crippen LogP contribution in [-0.4, -0.2) is 19.1 Å². The number of amides is 1. The molecule has 1 amide bonds. The topological polar surface area (TPSA) is 38.3 Å². The first-order valence-electron chi connectivity index (χ1n) is 7.26. The highest BCUT2D eigenvalue weighted by atomic mass is 79.9. The number of aryl methyl sites for hydroxylation is 2. The quantitative estimate of drug-likeness (QED) is 0.794. The molecule has 0 unspecified atom stereocenters. The minimum absolute atomic E-state index is 0.00638. The van der Waals surface area contributed by atoms with Crippen LogP contribution in [0.15, 0.2) is 46.9 Å². The number of halogens is 1.